The van der Waals surface area contributed by atoms with Gasteiger partial charge in [0.05, 0.1) is 19.4 Å². The van der Waals surface area contributed by atoms with Crippen LogP contribution in [0.2, 0.25) is 0 Å². The van der Waals surface area contributed by atoms with E-state index in [0.717, 1.165) is 87.0 Å². The summed E-state index contributed by atoms with van der Waals surface area (Å²) < 4.78 is 5.95. The Labute approximate surface area is 261 Å². The quantitative estimate of drug-likeness (QED) is 0.0992. The van der Waals surface area contributed by atoms with Gasteiger partial charge in [-0.2, -0.15) is 0 Å². The Balaban J connectivity index is 1.36. The number of pyridine rings is 1. The van der Waals surface area contributed by atoms with Gasteiger partial charge in [-0.15, -0.1) is 0 Å². The van der Waals surface area contributed by atoms with Gasteiger partial charge in [0.2, 0.25) is 5.91 Å². The first-order valence-electron chi connectivity index (χ1n) is 15.7. The third-order valence-corrected chi connectivity index (χ3v) is 7.59. The minimum atomic E-state index is 0.100. The molecule has 0 saturated carbocycles. The van der Waals surface area contributed by atoms with Crippen molar-refractivity contribution in [1.29, 1.82) is 5.41 Å². The number of unbranched alkanes of at least 4 members (excludes halogenated alkanes) is 1. The Morgan fingerprint density at radius 3 is 2.80 bits per heavy atom. The maximum absolute atomic E-state index is 12.5. The molecule has 2 aromatic heterocycles. The van der Waals surface area contributed by atoms with Gasteiger partial charge in [-0.25, -0.2) is 15.0 Å². The second kappa shape index (κ2) is 18.0. The minimum Gasteiger partial charge on any atom is -0.381 e. The van der Waals surface area contributed by atoms with Crippen LogP contribution in [0.1, 0.15) is 50.4 Å². The molecule has 10 heteroatoms. The first kappa shape index (κ1) is 32.9. The summed E-state index contributed by atoms with van der Waals surface area (Å²) in [6.07, 6.45) is 14.5. The number of carbonyl (C=O) groups is 1. The lowest BCUT2D eigenvalue weighted by molar-refractivity contribution is -0.122. The highest BCUT2D eigenvalue weighted by Gasteiger charge is 2.20. The van der Waals surface area contributed by atoms with Crippen LogP contribution in [0.15, 0.2) is 66.6 Å². The molecule has 0 aliphatic carbocycles. The zero-order valence-electron chi connectivity index (χ0n) is 25.8. The van der Waals surface area contributed by atoms with Crippen LogP contribution in [0.3, 0.4) is 0 Å². The molecular formula is C34H46N8O2. The molecule has 234 valence electrons. The fourth-order valence-corrected chi connectivity index (χ4v) is 5.23. The molecule has 0 saturated heterocycles. The van der Waals surface area contributed by atoms with Crippen molar-refractivity contribution in [3.05, 3.63) is 78.0 Å². The number of hydrogen-bond acceptors (Lipinski definition) is 9. The third-order valence-electron chi connectivity index (χ3n) is 7.59. The molecule has 5 N–H and O–H groups in total. The van der Waals surface area contributed by atoms with Crippen molar-refractivity contribution in [1.82, 2.24) is 25.2 Å². The molecule has 0 spiro atoms. The average Bonchev–Trinajstić information content (AvgIpc) is 3.24. The number of carbonyl (C=O) groups excluding carboxylic acids is 1. The van der Waals surface area contributed by atoms with Gasteiger partial charge in [0.15, 0.2) is 5.82 Å². The van der Waals surface area contributed by atoms with E-state index in [1.807, 2.05) is 18.2 Å². The highest BCUT2D eigenvalue weighted by molar-refractivity contribution is 5.78. The highest BCUT2D eigenvalue weighted by Crippen LogP contribution is 2.25. The van der Waals surface area contributed by atoms with Crippen LogP contribution in [0, 0.1) is 11.3 Å². The predicted molar refractivity (Wildman–Crippen MR) is 176 cm³/mol. The fourth-order valence-electron chi connectivity index (χ4n) is 5.23. The molecule has 3 heterocycles. The molecular weight excluding hydrogens is 552 g/mol. The minimum absolute atomic E-state index is 0.100. The van der Waals surface area contributed by atoms with Crippen molar-refractivity contribution in [2.75, 3.05) is 51.3 Å². The van der Waals surface area contributed by atoms with Crippen LogP contribution in [0.5, 0.6) is 0 Å². The van der Waals surface area contributed by atoms with E-state index in [9.17, 15) is 4.79 Å². The van der Waals surface area contributed by atoms with Gasteiger partial charge in [0.25, 0.3) is 0 Å². The lowest BCUT2D eigenvalue weighted by Gasteiger charge is -2.23. The maximum Gasteiger partial charge on any atom is 0.234 e. The largest absolute Gasteiger partial charge is 0.381 e. The second-order valence-electron chi connectivity index (χ2n) is 11.2. The lowest BCUT2D eigenvalue weighted by atomic mass is 9.99. The van der Waals surface area contributed by atoms with Gasteiger partial charge in [0, 0.05) is 62.0 Å². The average molecular weight is 599 g/mol. The zero-order valence-corrected chi connectivity index (χ0v) is 25.8. The molecule has 1 aliphatic rings. The van der Waals surface area contributed by atoms with Crippen LogP contribution in [0.25, 0.3) is 11.1 Å². The first-order chi connectivity index (χ1) is 21.6. The van der Waals surface area contributed by atoms with E-state index < -0.39 is 0 Å². The Morgan fingerprint density at radius 2 is 2.00 bits per heavy atom. The molecule has 3 aromatic rings. The lowest BCUT2D eigenvalue weighted by Crippen LogP contribution is -2.40. The highest BCUT2D eigenvalue weighted by atomic mass is 16.5. The normalized spacial score (nSPS) is 15.3. The molecule has 1 amide bonds. The maximum atomic E-state index is 12.5. The summed E-state index contributed by atoms with van der Waals surface area (Å²) in [6.45, 7) is 6.91. The summed E-state index contributed by atoms with van der Waals surface area (Å²) in [5.41, 5.74) is 11.1. The first-order valence-corrected chi connectivity index (χ1v) is 15.7. The number of nitrogens with zero attached hydrogens (tertiary/aromatic N) is 4. The molecule has 1 atom stereocenters. The van der Waals surface area contributed by atoms with Gasteiger partial charge < -0.3 is 26.5 Å². The summed E-state index contributed by atoms with van der Waals surface area (Å²) in [6, 6.07) is 12.3. The molecule has 1 aromatic carbocycles. The van der Waals surface area contributed by atoms with Crippen molar-refractivity contribution in [2.24, 2.45) is 11.7 Å². The molecule has 44 heavy (non-hydrogen) atoms. The number of rotatable bonds is 17. The molecule has 4 rings (SSSR count). The topological polar surface area (TPSA) is 142 Å². The van der Waals surface area contributed by atoms with Gasteiger partial charge in [-0.05, 0) is 74.0 Å². The smallest absolute Gasteiger partial charge is 0.234 e. The Bertz CT molecular complexity index is 1360. The fraction of sp³-hybridized carbons (Fsp3) is 0.441. The van der Waals surface area contributed by atoms with Gasteiger partial charge in [-0.3, -0.25) is 9.69 Å². The zero-order chi connectivity index (χ0) is 31.0. The monoisotopic (exact) mass is 598 g/mol. The van der Waals surface area contributed by atoms with Crippen LogP contribution in [-0.4, -0.2) is 77.9 Å². The molecule has 0 bridgehead atoms. The number of nitrogens with one attached hydrogen (secondary N) is 3. The van der Waals surface area contributed by atoms with Crippen molar-refractivity contribution in [3.8, 4) is 11.1 Å². The standard InChI is InChI=1S/C34H46N8O2/c1-2-3-13-38-34(43)24-42-15-11-27(17-28(23-42)25-44-16-5-12-35)9-8-26-6-4-7-31(18-26)41-32-19-29(10-14-37-32)30-21-39-33(20-36)40-22-30/h4,6-7,10,14,17-22,28,36H,2-3,5,8-9,11-13,15-16,23-25,35H2,1H3,(H,37,41)(H,38,43). The number of hydrogen-bond donors (Lipinski definition) is 4. The molecule has 1 unspecified atom stereocenters. The van der Waals surface area contributed by atoms with E-state index in [2.05, 4.69) is 61.7 Å². The number of aryl methyl sites for hydroxylation is 1. The summed E-state index contributed by atoms with van der Waals surface area (Å²) in [5, 5.41) is 13.8. The van der Waals surface area contributed by atoms with Crippen molar-refractivity contribution >= 4 is 23.6 Å². The number of nitrogens with two attached hydrogens (primary N) is 1. The van der Waals surface area contributed by atoms with Gasteiger partial charge in [-0.1, -0.05) is 37.1 Å². The van der Waals surface area contributed by atoms with Crippen LogP contribution >= 0.6 is 0 Å². The molecule has 10 nitrogen and oxygen atoms in total. The summed E-state index contributed by atoms with van der Waals surface area (Å²) in [7, 11) is 0. The Hall–Kier alpha value is -3.99. The predicted octanol–water partition coefficient (Wildman–Crippen LogP) is 4.74. The number of benzene rings is 1. The van der Waals surface area contributed by atoms with Crippen molar-refractivity contribution in [2.45, 2.75) is 45.4 Å². The SMILES string of the molecule is CCCCNC(=O)CN1CCC(CCc2cccc(Nc3cc(-c4cnc(C=N)nc4)ccn3)c2)=CC(COCCCN)C1. The molecule has 1 aliphatic heterocycles. The van der Waals surface area contributed by atoms with Crippen molar-refractivity contribution < 1.29 is 9.53 Å². The molecule has 0 radical (unpaired) electrons. The van der Waals surface area contributed by atoms with E-state index in [0.29, 0.717) is 32.1 Å². The van der Waals surface area contributed by atoms with E-state index in [1.54, 1.807) is 18.6 Å². The molecule has 0 fully saturated rings. The van der Waals surface area contributed by atoms with E-state index >= 15 is 0 Å². The van der Waals surface area contributed by atoms with E-state index in [-0.39, 0.29) is 11.8 Å². The summed E-state index contributed by atoms with van der Waals surface area (Å²) >= 11 is 0. The summed E-state index contributed by atoms with van der Waals surface area (Å²) in [4.78, 5) is 27.7. The second-order valence-corrected chi connectivity index (χ2v) is 11.2. The Kier molecular flexibility index (Phi) is 13.4. The number of ether oxygens (including phenoxy) is 1. The third kappa shape index (κ3) is 10.9. The number of aromatic nitrogens is 3. The number of amides is 1. The van der Waals surface area contributed by atoms with Crippen LogP contribution in [-0.2, 0) is 16.0 Å². The van der Waals surface area contributed by atoms with Crippen LogP contribution < -0.4 is 16.4 Å². The Morgan fingerprint density at radius 1 is 1.14 bits per heavy atom. The van der Waals surface area contributed by atoms with Crippen LogP contribution in [0.4, 0.5) is 11.5 Å². The van der Waals surface area contributed by atoms with Crippen molar-refractivity contribution in [3.63, 3.8) is 0 Å². The van der Waals surface area contributed by atoms with E-state index in [1.165, 1.54) is 11.1 Å². The van der Waals surface area contributed by atoms with Gasteiger partial charge >= 0.3 is 0 Å². The summed E-state index contributed by atoms with van der Waals surface area (Å²) in [5.74, 6) is 1.46. The van der Waals surface area contributed by atoms with Gasteiger partial charge in [0.1, 0.15) is 5.82 Å². The number of anilines is 2. The van der Waals surface area contributed by atoms with E-state index in [4.69, 9.17) is 15.9 Å².